The van der Waals surface area contributed by atoms with Crippen LogP contribution in [0.3, 0.4) is 0 Å². The van der Waals surface area contributed by atoms with E-state index < -0.39 is 6.04 Å². The van der Waals surface area contributed by atoms with Crippen LogP contribution in [0.2, 0.25) is 5.02 Å². The van der Waals surface area contributed by atoms with Gasteiger partial charge in [-0.15, -0.1) is 0 Å². The molecule has 1 amide bonds. The van der Waals surface area contributed by atoms with Crippen molar-refractivity contribution in [3.8, 4) is 11.5 Å². The summed E-state index contributed by atoms with van der Waals surface area (Å²) in [5.74, 6) is 0.941. The Balaban J connectivity index is 1.53. The van der Waals surface area contributed by atoms with E-state index >= 15 is 0 Å². The third-order valence-electron chi connectivity index (χ3n) is 7.77. The molecule has 6 nitrogen and oxygen atoms in total. The van der Waals surface area contributed by atoms with Gasteiger partial charge in [0.05, 0.1) is 31.6 Å². The quantitative estimate of drug-likeness (QED) is 0.271. The normalized spacial score (nSPS) is 18.1. The van der Waals surface area contributed by atoms with Gasteiger partial charge in [-0.25, -0.2) is 0 Å². The summed E-state index contributed by atoms with van der Waals surface area (Å²) in [6.07, 6.45) is 0.867. The van der Waals surface area contributed by atoms with Crippen LogP contribution in [0.15, 0.2) is 108 Å². The van der Waals surface area contributed by atoms with Crippen LogP contribution in [0.1, 0.15) is 46.3 Å². The lowest BCUT2D eigenvalue weighted by atomic mass is 9.78. The summed E-state index contributed by atoms with van der Waals surface area (Å²) >= 11 is 6.48. The predicted molar refractivity (Wildman–Crippen MR) is 161 cm³/mol. The Morgan fingerprint density at radius 3 is 2.34 bits per heavy atom. The van der Waals surface area contributed by atoms with E-state index in [9.17, 15) is 9.59 Å². The van der Waals surface area contributed by atoms with Crippen LogP contribution in [-0.4, -0.2) is 25.9 Å². The fourth-order valence-corrected chi connectivity index (χ4v) is 6.07. The van der Waals surface area contributed by atoms with Crippen LogP contribution in [0, 0.1) is 0 Å². The number of amides is 1. The Morgan fingerprint density at radius 2 is 1.59 bits per heavy atom. The van der Waals surface area contributed by atoms with E-state index in [0.717, 1.165) is 22.5 Å². The average molecular weight is 565 g/mol. The van der Waals surface area contributed by atoms with Crippen molar-refractivity contribution in [1.29, 1.82) is 0 Å². The average Bonchev–Trinajstić information content (AvgIpc) is 3.15. The Hall–Kier alpha value is -4.55. The van der Waals surface area contributed by atoms with Crippen molar-refractivity contribution in [3.63, 3.8) is 0 Å². The number of nitrogens with one attached hydrogen (secondary N) is 1. The molecule has 0 radical (unpaired) electrons. The molecule has 2 atom stereocenters. The number of rotatable bonds is 5. The second-order valence-electron chi connectivity index (χ2n) is 10.2. The number of carbonyl (C=O) groups is 2. The van der Waals surface area contributed by atoms with Crippen molar-refractivity contribution in [1.82, 2.24) is 0 Å². The fraction of sp³-hybridized carbons (Fsp3) is 0.176. The molecule has 1 N–H and O–H groups in total. The Morgan fingerprint density at radius 1 is 0.829 bits per heavy atom. The minimum absolute atomic E-state index is 0.0258. The molecule has 0 bridgehead atoms. The molecule has 2 aliphatic rings. The van der Waals surface area contributed by atoms with Crippen molar-refractivity contribution in [2.45, 2.75) is 24.8 Å². The third-order valence-corrected chi connectivity index (χ3v) is 8.01. The maximum absolute atomic E-state index is 14.3. The lowest BCUT2D eigenvalue weighted by molar-refractivity contribution is -0.116. The third kappa shape index (κ3) is 4.96. The summed E-state index contributed by atoms with van der Waals surface area (Å²) in [7, 11) is 3.20. The van der Waals surface area contributed by atoms with Gasteiger partial charge >= 0.3 is 0 Å². The molecule has 0 saturated heterocycles. The number of anilines is 2. The van der Waals surface area contributed by atoms with E-state index in [2.05, 4.69) is 5.32 Å². The number of Topliss-reactive ketones (excluding diaryl/α,β-unsaturated/α-hetero) is 1. The van der Waals surface area contributed by atoms with Crippen LogP contribution in [0.5, 0.6) is 11.5 Å². The molecule has 0 saturated carbocycles. The molecule has 41 heavy (non-hydrogen) atoms. The van der Waals surface area contributed by atoms with Gasteiger partial charge in [0.15, 0.2) is 17.3 Å². The van der Waals surface area contributed by atoms with Crippen LogP contribution in [-0.2, 0) is 4.79 Å². The largest absolute Gasteiger partial charge is 0.493 e. The summed E-state index contributed by atoms with van der Waals surface area (Å²) in [4.78, 5) is 30.3. The summed E-state index contributed by atoms with van der Waals surface area (Å²) in [6.45, 7) is 0. The van der Waals surface area contributed by atoms with Gasteiger partial charge in [-0.2, -0.15) is 0 Å². The predicted octanol–water partition coefficient (Wildman–Crippen LogP) is 7.57. The minimum atomic E-state index is -0.675. The SMILES string of the molecule is COc1ccc([C@@H]2CC(=O)C3=C(C2)Nc2ccccc2N(C(=O)c2ccccc2)[C@H]3c2cccc(Cl)c2)cc1OC. The number of carbonyl (C=O) groups excluding carboxylic acids is 2. The topological polar surface area (TPSA) is 67.9 Å². The van der Waals surface area contributed by atoms with Crippen LogP contribution in [0.25, 0.3) is 0 Å². The molecule has 206 valence electrons. The number of para-hydroxylation sites is 2. The first-order valence-electron chi connectivity index (χ1n) is 13.5. The number of methoxy groups -OCH3 is 2. The fourth-order valence-electron chi connectivity index (χ4n) is 5.87. The molecule has 1 aliphatic heterocycles. The van der Waals surface area contributed by atoms with E-state index in [1.807, 2.05) is 78.9 Å². The zero-order chi connectivity index (χ0) is 28.5. The van der Waals surface area contributed by atoms with Gasteiger partial charge in [-0.1, -0.05) is 60.1 Å². The van der Waals surface area contributed by atoms with Crippen LogP contribution in [0.4, 0.5) is 11.4 Å². The smallest absolute Gasteiger partial charge is 0.259 e. The van der Waals surface area contributed by atoms with Gasteiger partial charge in [-0.05, 0) is 72.0 Å². The number of ether oxygens (including phenoxy) is 2. The molecule has 0 aromatic heterocycles. The molecule has 1 heterocycles. The highest BCUT2D eigenvalue weighted by atomic mass is 35.5. The summed E-state index contributed by atoms with van der Waals surface area (Å²) in [5.41, 5.74) is 5.10. The molecular weight excluding hydrogens is 536 g/mol. The van der Waals surface area contributed by atoms with Crippen LogP contribution < -0.4 is 19.7 Å². The van der Waals surface area contributed by atoms with Gasteiger partial charge in [0, 0.05) is 28.3 Å². The van der Waals surface area contributed by atoms with E-state index in [-0.39, 0.29) is 24.0 Å². The first-order chi connectivity index (χ1) is 20.0. The number of halogens is 1. The summed E-state index contributed by atoms with van der Waals surface area (Å²) in [6, 6.07) is 29.4. The van der Waals surface area contributed by atoms with Crippen molar-refractivity contribution >= 4 is 34.7 Å². The highest BCUT2D eigenvalue weighted by molar-refractivity contribution is 6.30. The maximum atomic E-state index is 14.3. The molecule has 4 aromatic carbocycles. The number of nitrogens with zero attached hydrogens (tertiary/aromatic N) is 1. The number of fused-ring (bicyclic) bond motifs is 1. The molecule has 1 aliphatic carbocycles. The summed E-state index contributed by atoms with van der Waals surface area (Å²) in [5, 5.41) is 4.11. The van der Waals surface area contributed by atoms with Gasteiger partial charge < -0.3 is 14.8 Å². The zero-order valence-electron chi connectivity index (χ0n) is 22.8. The Kier molecular flexibility index (Phi) is 7.25. The van der Waals surface area contributed by atoms with Gasteiger partial charge in [0.1, 0.15) is 0 Å². The number of allylic oxidation sites excluding steroid dienone is 1. The van der Waals surface area contributed by atoms with E-state index in [0.29, 0.717) is 39.8 Å². The highest BCUT2D eigenvalue weighted by Crippen LogP contribution is 2.48. The molecule has 0 fully saturated rings. The van der Waals surface area contributed by atoms with Crippen molar-refractivity contribution < 1.29 is 19.1 Å². The number of hydrogen-bond acceptors (Lipinski definition) is 5. The first-order valence-corrected chi connectivity index (χ1v) is 13.8. The van der Waals surface area contributed by atoms with Crippen molar-refractivity contribution in [2.75, 3.05) is 24.4 Å². The Bertz CT molecular complexity index is 1670. The second-order valence-corrected chi connectivity index (χ2v) is 10.6. The molecule has 0 spiro atoms. The number of hydrogen-bond donors (Lipinski definition) is 1. The molecular formula is C34H29ClN2O4. The number of ketones is 1. The zero-order valence-corrected chi connectivity index (χ0v) is 23.5. The van der Waals surface area contributed by atoms with Gasteiger partial charge in [0.25, 0.3) is 5.91 Å². The van der Waals surface area contributed by atoms with Gasteiger partial charge in [0.2, 0.25) is 0 Å². The molecule has 6 rings (SSSR count). The maximum Gasteiger partial charge on any atom is 0.259 e. The highest BCUT2D eigenvalue weighted by Gasteiger charge is 2.42. The molecule has 0 unspecified atom stereocenters. The standard InChI is InChI=1S/C34H29ClN2O4/c1-40-30-16-15-22(20-31(30)41-2)24-18-27-32(29(38)19-24)33(23-11-8-12-25(35)17-23)37(28-14-7-6-13-26(28)36-27)34(39)21-9-4-3-5-10-21/h3-17,20,24,33,36H,18-19H2,1-2H3/t24-,33-/m0/s1. The molecule has 7 heteroatoms. The lowest BCUT2D eigenvalue weighted by Crippen LogP contribution is -2.38. The second kappa shape index (κ2) is 11.1. The number of benzene rings is 4. The minimum Gasteiger partial charge on any atom is -0.493 e. The monoisotopic (exact) mass is 564 g/mol. The van der Waals surface area contributed by atoms with Gasteiger partial charge in [-0.3, -0.25) is 14.5 Å². The Labute approximate surface area is 244 Å². The van der Waals surface area contributed by atoms with Crippen molar-refractivity contribution in [3.05, 3.63) is 130 Å². The molecule has 4 aromatic rings. The van der Waals surface area contributed by atoms with E-state index in [1.54, 1.807) is 37.3 Å². The van der Waals surface area contributed by atoms with E-state index in [1.165, 1.54) is 0 Å². The first kappa shape index (κ1) is 26.7. The lowest BCUT2D eigenvalue weighted by Gasteiger charge is -2.35. The van der Waals surface area contributed by atoms with E-state index in [4.69, 9.17) is 21.1 Å². The van der Waals surface area contributed by atoms with Crippen molar-refractivity contribution in [2.24, 2.45) is 0 Å². The van der Waals surface area contributed by atoms with Crippen LogP contribution >= 0.6 is 11.6 Å². The summed E-state index contributed by atoms with van der Waals surface area (Å²) < 4.78 is 11.0.